The van der Waals surface area contributed by atoms with Crippen LogP contribution in [0.4, 0.5) is 5.69 Å². The number of amides is 1. The van der Waals surface area contributed by atoms with Crippen molar-refractivity contribution in [2.45, 2.75) is 4.90 Å². The summed E-state index contributed by atoms with van der Waals surface area (Å²) in [4.78, 5) is 25.3. The molecule has 2 rings (SSSR count). The van der Waals surface area contributed by atoms with Crippen molar-refractivity contribution in [3.05, 3.63) is 35.5 Å². The third-order valence-corrected chi connectivity index (χ3v) is 4.74. The summed E-state index contributed by atoms with van der Waals surface area (Å²) >= 11 is 0. The molecule has 1 aliphatic rings. The van der Waals surface area contributed by atoms with Gasteiger partial charge in [0, 0.05) is 17.2 Å². The molecule has 1 heterocycles. The highest BCUT2D eigenvalue weighted by Gasteiger charge is 2.35. The van der Waals surface area contributed by atoms with Gasteiger partial charge in [0.2, 0.25) is 0 Å². The standard InChI is InChI=1S/C14H15ClN2O6S/c1-23-14(20)9-8-17(6-7-18)13(19)12(9)16-10-4-2-3-5-11(10)24(15,21)22/h2-5,16,18H,6-8H2,1H3. The molecule has 1 aliphatic heterocycles. The summed E-state index contributed by atoms with van der Waals surface area (Å²) in [7, 11) is 2.50. The second kappa shape index (κ2) is 7.20. The summed E-state index contributed by atoms with van der Waals surface area (Å²) in [6.45, 7) is -0.301. The first-order valence-corrected chi connectivity index (χ1v) is 9.12. The fourth-order valence-electron chi connectivity index (χ4n) is 2.27. The lowest BCUT2D eigenvalue weighted by molar-refractivity contribution is -0.136. The molecule has 10 heteroatoms. The fourth-order valence-corrected chi connectivity index (χ4v) is 3.29. The van der Waals surface area contributed by atoms with Crippen LogP contribution < -0.4 is 5.32 Å². The van der Waals surface area contributed by atoms with Crippen LogP contribution in [0.3, 0.4) is 0 Å². The highest BCUT2D eigenvalue weighted by atomic mass is 35.7. The molecule has 0 bridgehead atoms. The van der Waals surface area contributed by atoms with E-state index < -0.39 is 20.9 Å². The van der Waals surface area contributed by atoms with E-state index in [1.807, 2.05) is 0 Å². The predicted molar refractivity (Wildman–Crippen MR) is 85.8 cm³/mol. The number of carbonyl (C=O) groups is 2. The molecule has 0 saturated carbocycles. The molecule has 1 aromatic rings. The summed E-state index contributed by atoms with van der Waals surface area (Å²) in [5, 5.41) is 11.7. The molecule has 8 nitrogen and oxygen atoms in total. The van der Waals surface area contributed by atoms with Gasteiger partial charge in [-0.2, -0.15) is 0 Å². The Morgan fingerprint density at radius 1 is 1.42 bits per heavy atom. The molecule has 0 saturated heterocycles. The number of esters is 1. The molecule has 0 spiro atoms. The van der Waals surface area contributed by atoms with Crippen molar-refractivity contribution in [3.63, 3.8) is 0 Å². The third kappa shape index (κ3) is 3.69. The lowest BCUT2D eigenvalue weighted by Crippen LogP contribution is -2.31. The van der Waals surface area contributed by atoms with Crippen molar-refractivity contribution >= 4 is 37.3 Å². The zero-order chi connectivity index (χ0) is 17.9. The van der Waals surface area contributed by atoms with Crippen LogP contribution >= 0.6 is 10.7 Å². The molecule has 1 aromatic carbocycles. The van der Waals surface area contributed by atoms with Gasteiger partial charge in [0.05, 0.1) is 31.5 Å². The molecular weight excluding hydrogens is 360 g/mol. The molecule has 2 N–H and O–H groups in total. The van der Waals surface area contributed by atoms with Crippen molar-refractivity contribution in [2.75, 3.05) is 32.1 Å². The van der Waals surface area contributed by atoms with E-state index in [1.165, 1.54) is 30.2 Å². The minimum absolute atomic E-state index is 0.0277. The smallest absolute Gasteiger partial charge is 0.337 e. The van der Waals surface area contributed by atoms with Crippen molar-refractivity contribution in [2.24, 2.45) is 0 Å². The van der Waals surface area contributed by atoms with E-state index in [1.54, 1.807) is 6.07 Å². The molecule has 0 fully saturated rings. The average molecular weight is 375 g/mol. The Labute approximate surface area is 143 Å². The number of nitrogens with one attached hydrogen (secondary N) is 1. The van der Waals surface area contributed by atoms with Gasteiger partial charge in [0.25, 0.3) is 15.0 Å². The number of aliphatic hydroxyl groups excluding tert-OH is 1. The maximum atomic E-state index is 12.4. The number of methoxy groups -OCH3 is 1. The van der Waals surface area contributed by atoms with Crippen molar-refractivity contribution in [3.8, 4) is 0 Å². The Morgan fingerprint density at radius 3 is 2.67 bits per heavy atom. The summed E-state index contributed by atoms with van der Waals surface area (Å²) in [5.74, 6) is -1.27. The highest BCUT2D eigenvalue weighted by Crippen LogP contribution is 2.28. The number of rotatable bonds is 6. The number of β-amino-alcohol motifs (C(OH)–C–C–N with tert-alkyl or cyclic N) is 1. The van der Waals surface area contributed by atoms with Gasteiger partial charge in [-0.15, -0.1) is 0 Å². The minimum atomic E-state index is -4.05. The zero-order valence-electron chi connectivity index (χ0n) is 12.7. The van der Waals surface area contributed by atoms with E-state index in [0.717, 1.165) is 0 Å². The Hall–Kier alpha value is -2.10. The van der Waals surface area contributed by atoms with Crippen LogP contribution in [0.1, 0.15) is 0 Å². The Kier molecular flexibility index (Phi) is 5.47. The molecule has 130 valence electrons. The SMILES string of the molecule is COC(=O)C1=C(Nc2ccccc2S(=O)(=O)Cl)C(=O)N(CCO)C1. The molecule has 0 unspecified atom stereocenters. The lowest BCUT2D eigenvalue weighted by Gasteiger charge is -2.15. The van der Waals surface area contributed by atoms with E-state index >= 15 is 0 Å². The van der Waals surface area contributed by atoms with Gasteiger partial charge in [0.15, 0.2) is 0 Å². The summed E-state index contributed by atoms with van der Waals surface area (Å²) in [6.07, 6.45) is 0. The number of benzene rings is 1. The second-order valence-electron chi connectivity index (χ2n) is 4.85. The van der Waals surface area contributed by atoms with E-state index in [4.69, 9.17) is 15.8 Å². The van der Waals surface area contributed by atoms with Gasteiger partial charge in [-0.25, -0.2) is 13.2 Å². The van der Waals surface area contributed by atoms with Gasteiger partial charge >= 0.3 is 5.97 Å². The first-order valence-electron chi connectivity index (χ1n) is 6.82. The number of aliphatic hydroxyl groups is 1. The van der Waals surface area contributed by atoms with E-state index in [-0.39, 0.29) is 41.5 Å². The maximum Gasteiger partial charge on any atom is 0.337 e. The summed E-state index contributed by atoms with van der Waals surface area (Å²) < 4.78 is 27.9. The van der Waals surface area contributed by atoms with Gasteiger partial charge in [-0.3, -0.25) is 4.79 Å². The second-order valence-corrected chi connectivity index (χ2v) is 7.39. The highest BCUT2D eigenvalue weighted by molar-refractivity contribution is 8.13. The molecule has 1 amide bonds. The first kappa shape index (κ1) is 18.2. The van der Waals surface area contributed by atoms with Gasteiger partial charge in [-0.05, 0) is 12.1 Å². The summed E-state index contributed by atoms with van der Waals surface area (Å²) in [5.41, 5.74) is -0.0103. The first-order chi connectivity index (χ1) is 11.3. The fraction of sp³-hybridized carbons (Fsp3) is 0.286. The van der Waals surface area contributed by atoms with Gasteiger partial charge < -0.3 is 20.1 Å². The van der Waals surface area contributed by atoms with Gasteiger partial charge in [0.1, 0.15) is 10.6 Å². The summed E-state index contributed by atoms with van der Waals surface area (Å²) in [6, 6.07) is 5.72. The topological polar surface area (TPSA) is 113 Å². The molecule has 0 radical (unpaired) electrons. The third-order valence-electron chi connectivity index (χ3n) is 3.36. The van der Waals surface area contributed by atoms with Crippen LogP contribution in [0.2, 0.25) is 0 Å². The van der Waals surface area contributed by atoms with Crippen molar-refractivity contribution < 1.29 is 27.9 Å². The van der Waals surface area contributed by atoms with Crippen LogP contribution in [0.5, 0.6) is 0 Å². The largest absolute Gasteiger partial charge is 0.466 e. The monoisotopic (exact) mass is 374 g/mol. The van der Waals surface area contributed by atoms with E-state index in [0.29, 0.717) is 0 Å². The minimum Gasteiger partial charge on any atom is -0.466 e. The molecule has 0 atom stereocenters. The van der Waals surface area contributed by atoms with Crippen LogP contribution in [-0.4, -0.2) is 57.1 Å². The van der Waals surface area contributed by atoms with E-state index in [9.17, 15) is 18.0 Å². The number of anilines is 1. The number of halogens is 1. The normalized spacial score (nSPS) is 15.0. The average Bonchev–Trinajstić information content (AvgIpc) is 2.83. The quantitative estimate of drug-likeness (QED) is 0.543. The number of carbonyl (C=O) groups excluding carboxylic acids is 2. The van der Waals surface area contributed by atoms with Crippen molar-refractivity contribution in [1.82, 2.24) is 4.90 Å². The number of para-hydroxylation sites is 1. The lowest BCUT2D eigenvalue weighted by atomic mass is 10.2. The molecule has 0 aromatic heterocycles. The van der Waals surface area contributed by atoms with Crippen LogP contribution in [0.15, 0.2) is 40.4 Å². The number of nitrogens with zero attached hydrogens (tertiary/aromatic N) is 1. The Bertz CT molecular complexity index is 805. The number of ether oxygens (including phenoxy) is 1. The Balaban J connectivity index is 2.45. The van der Waals surface area contributed by atoms with Gasteiger partial charge in [-0.1, -0.05) is 12.1 Å². The van der Waals surface area contributed by atoms with Crippen LogP contribution in [0.25, 0.3) is 0 Å². The van der Waals surface area contributed by atoms with Crippen LogP contribution in [-0.2, 0) is 23.4 Å². The molecule has 24 heavy (non-hydrogen) atoms. The zero-order valence-corrected chi connectivity index (χ0v) is 14.2. The predicted octanol–water partition coefficient (Wildman–Crippen LogP) is 0.288. The molecular formula is C14H15ClN2O6S. The van der Waals surface area contributed by atoms with Crippen LogP contribution in [0, 0.1) is 0 Å². The molecule has 0 aliphatic carbocycles. The van der Waals surface area contributed by atoms with E-state index in [2.05, 4.69) is 10.1 Å². The number of hydrogen-bond donors (Lipinski definition) is 2. The number of hydrogen-bond acceptors (Lipinski definition) is 7. The maximum absolute atomic E-state index is 12.4. The van der Waals surface area contributed by atoms with Crippen molar-refractivity contribution in [1.29, 1.82) is 0 Å². The Morgan fingerprint density at radius 2 is 2.08 bits per heavy atom.